The van der Waals surface area contributed by atoms with Crippen LogP contribution in [0.2, 0.25) is 0 Å². The topological polar surface area (TPSA) is 84.4 Å². The molecule has 0 aliphatic heterocycles. The van der Waals surface area contributed by atoms with Gasteiger partial charge in [-0.3, -0.25) is 0 Å². The molecule has 2 aromatic heterocycles. The quantitative estimate of drug-likeness (QED) is 0.736. The Morgan fingerprint density at radius 1 is 1.14 bits per heavy atom. The van der Waals surface area contributed by atoms with Crippen LogP contribution in [0.4, 0.5) is 5.95 Å². The van der Waals surface area contributed by atoms with E-state index in [1.165, 1.54) is 6.21 Å². The zero-order valence-corrected chi connectivity index (χ0v) is 12.2. The monoisotopic (exact) mass is 344 g/mol. The molecule has 0 saturated carbocycles. The van der Waals surface area contributed by atoms with Crippen molar-refractivity contribution in [1.82, 2.24) is 15.0 Å². The molecule has 3 aromatic rings. The first-order valence-corrected chi connectivity index (χ1v) is 6.79. The van der Waals surface area contributed by atoms with Gasteiger partial charge in [-0.15, -0.1) is 0 Å². The van der Waals surface area contributed by atoms with Crippen LogP contribution >= 0.6 is 15.9 Å². The van der Waals surface area contributed by atoms with Crippen LogP contribution in [0, 0.1) is 0 Å². The van der Waals surface area contributed by atoms with Crippen molar-refractivity contribution in [3.05, 3.63) is 52.9 Å². The van der Waals surface area contributed by atoms with Gasteiger partial charge >= 0.3 is 5.95 Å². The van der Waals surface area contributed by atoms with Gasteiger partial charge in [-0.05, 0) is 34.1 Å². The molecule has 0 radical (unpaired) electrons. The van der Waals surface area contributed by atoms with Crippen molar-refractivity contribution in [2.45, 2.75) is 0 Å². The minimum absolute atomic E-state index is 0.216. The van der Waals surface area contributed by atoms with Crippen molar-refractivity contribution in [1.29, 1.82) is 0 Å². The van der Waals surface area contributed by atoms with Gasteiger partial charge in [0.1, 0.15) is 0 Å². The molecule has 7 heteroatoms. The first-order chi connectivity index (χ1) is 10.2. The minimum Gasteiger partial charge on any atom is -0.479 e. The Bertz CT molecular complexity index is 787. The van der Waals surface area contributed by atoms with Crippen LogP contribution in [0.1, 0.15) is 5.69 Å². The van der Waals surface area contributed by atoms with Gasteiger partial charge in [0.05, 0.1) is 11.8 Å². The highest BCUT2D eigenvalue weighted by Crippen LogP contribution is 2.30. The maximum Gasteiger partial charge on any atom is 0.312 e. The molecule has 0 amide bonds. The molecule has 0 saturated heterocycles. The van der Waals surface area contributed by atoms with Crippen LogP contribution in [0.5, 0.6) is 5.95 Å². The lowest BCUT2D eigenvalue weighted by atomic mass is 10.2. The highest BCUT2D eigenvalue weighted by Gasteiger charge is 2.14. The van der Waals surface area contributed by atoms with Crippen LogP contribution in [0.25, 0.3) is 11.5 Å². The number of oxazole rings is 1. The normalized spacial score (nSPS) is 11.1. The average Bonchev–Trinajstić information content (AvgIpc) is 2.88. The molecule has 0 unspecified atom stereocenters. The fraction of sp³-hybridized carbons (Fsp3) is 0. The molecule has 3 rings (SSSR count). The zero-order chi connectivity index (χ0) is 14.7. The van der Waals surface area contributed by atoms with Crippen LogP contribution in [-0.4, -0.2) is 26.3 Å². The van der Waals surface area contributed by atoms with Crippen molar-refractivity contribution in [3.8, 4) is 17.4 Å². The molecule has 2 heterocycles. The number of benzene rings is 1. The molecular weight excluding hydrogens is 336 g/mol. The van der Waals surface area contributed by atoms with E-state index in [-0.39, 0.29) is 17.6 Å². The van der Waals surface area contributed by atoms with E-state index in [0.29, 0.717) is 5.89 Å². The second kappa shape index (κ2) is 5.84. The van der Waals surface area contributed by atoms with Crippen molar-refractivity contribution >= 4 is 28.1 Å². The number of aliphatic imine (C=N–C) groups is 1. The van der Waals surface area contributed by atoms with Gasteiger partial charge < -0.3 is 9.52 Å². The second-order valence-electron chi connectivity index (χ2n) is 4.00. The summed E-state index contributed by atoms with van der Waals surface area (Å²) in [5.41, 5.74) is 0.955. The predicted molar refractivity (Wildman–Crippen MR) is 80.6 cm³/mol. The van der Waals surface area contributed by atoms with E-state index in [1.807, 2.05) is 24.3 Å². The highest BCUT2D eigenvalue weighted by atomic mass is 79.9. The molecule has 21 heavy (non-hydrogen) atoms. The van der Waals surface area contributed by atoms with Crippen molar-refractivity contribution in [3.63, 3.8) is 0 Å². The van der Waals surface area contributed by atoms with Crippen LogP contribution in [0.15, 0.2) is 56.6 Å². The minimum atomic E-state index is -0.305. The van der Waals surface area contributed by atoms with E-state index in [1.54, 1.807) is 18.5 Å². The smallest absolute Gasteiger partial charge is 0.312 e. The number of nitrogens with zero attached hydrogens (tertiary/aromatic N) is 4. The molecular formula is C14H9BrN4O2. The van der Waals surface area contributed by atoms with Gasteiger partial charge in [0.2, 0.25) is 11.8 Å². The second-order valence-corrected chi connectivity index (χ2v) is 4.85. The SMILES string of the molecule is Oc1oc(-c2ccccc2Br)nc1/C=N/c1ncccn1. The largest absolute Gasteiger partial charge is 0.479 e. The number of aromatic hydroxyl groups is 1. The summed E-state index contributed by atoms with van der Waals surface area (Å²) in [4.78, 5) is 16.1. The maximum absolute atomic E-state index is 9.79. The summed E-state index contributed by atoms with van der Waals surface area (Å²) in [6.45, 7) is 0. The van der Waals surface area contributed by atoms with Gasteiger partial charge in [-0.1, -0.05) is 12.1 Å². The van der Waals surface area contributed by atoms with Crippen LogP contribution in [0.3, 0.4) is 0 Å². The first-order valence-electron chi connectivity index (χ1n) is 6.00. The van der Waals surface area contributed by atoms with Crippen molar-refractivity contribution < 1.29 is 9.52 Å². The van der Waals surface area contributed by atoms with E-state index >= 15 is 0 Å². The Morgan fingerprint density at radius 2 is 1.90 bits per heavy atom. The molecule has 1 aromatic carbocycles. The van der Waals surface area contributed by atoms with E-state index < -0.39 is 0 Å². The first kappa shape index (κ1) is 13.4. The molecule has 0 aliphatic rings. The molecule has 104 valence electrons. The lowest BCUT2D eigenvalue weighted by Crippen LogP contribution is -1.85. The fourth-order valence-corrected chi connectivity index (χ4v) is 2.09. The number of halogens is 1. The van der Waals surface area contributed by atoms with E-state index in [9.17, 15) is 5.11 Å². The van der Waals surface area contributed by atoms with Crippen molar-refractivity contribution in [2.24, 2.45) is 4.99 Å². The van der Waals surface area contributed by atoms with Crippen molar-refractivity contribution in [2.75, 3.05) is 0 Å². The predicted octanol–water partition coefficient (Wildman–Crippen LogP) is 3.35. The summed E-state index contributed by atoms with van der Waals surface area (Å²) in [5.74, 6) is 0.276. The fourth-order valence-electron chi connectivity index (χ4n) is 1.63. The lowest BCUT2D eigenvalue weighted by Gasteiger charge is -1.96. The molecule has 0 aliphatic carbocycles. The third-order valence-corrected chi connectivity index (χ3v) is 3.28. The summed E-state index contributed by atoms with van der Waals surface area (Å²) < 4.78 is 6.07. The van der Waals surface area contributed by atoms with Gasteiger partial charge in [0.15, 0.2) is 5.69 Å². The third-order valence-electron chi connectivity index (χ3n) is 2.59. The number of hydrogen-bond donors (Lipinski definition) is 1. The molecule has 0 atom stereocenters. The van der Waals surface area contributed by atoms with Crippen LogP contribution < -0.4 is 0 Å². The average molecular weight is 345 g/mol. The Kier molecular flexibility index (Phi) is 3.74. The van der Waals surface area contributed by atoms with E-state index in [4.69, 9.17) is 4.42 Å². The Morgan fingerprint density at radius 3 is 2.67 bits per heavy atom. The van der Waals surface area contributed by atoms with E-state index in [2.05, 4.69) is 35.9 Å². The Labute approximate surface area is 128 Å². The Hall–Kier alpha value is -2.54. The third kappa shape index (κ3) is 2.97. The summed E-state index contributed by atoms with van der Waals surface area (Å²) in [5, 5.41) is 9.79. The summed E-state index contributed by atoms with van der Waals surface area (Å²) in [6.07, 6.45) is 4.51. The standard InChI is InChI=1S/C14H9BrN4O2/c15-10-5-2-1-4-9(10)12-19-11(13(20)21-12)8-18-14-16-6-3-7-17-14/h1-8,20H/b18-8+. The number of rotatable bonds is 3. The molecule has 0 bridgehead atoms. The summed E-state index contributed by atoms with van der Waals surface area (Å²) in [6, 6.07) is 9.12. The van der Waals surface area contributed by atoms with E-state index in [0.717, 1.165) is 10.0 Å². The van der Waals surface area contributed by atoms with Gasteiger partial charge in [0, 0.05) is 16.9 Å². The van der Waals surface area contributed by atoms with Gasteiger partial charge in [-0.25, -0.2) is 19.9 Å². The Balaban J connectivity index is 1.92. The molecule has 6 nitrogen and oxygen atoms in total. The lowest BCUT2D eigenvalue weighted by molar-refractivity contribution is 0.337. The van der Waals surface area contributed by atoms with Gasteiger partial charge in [0.25, 0.3) is 0 Å². The molecule has 0 spiro atoms. The maximum atomic E-state index is 9.79. The van der Waals surface area contributed by atoms with Gasteiger partial charge in [-0.2, -0.15) is 0 Å². The summed E-state index contributed by atoms with van der Waals surface area (Å²) in [7, 11) is 0. The molecule has 0 fully saturated rings. The van der Waals surface area contributed by atoms with Crippen LogP contribution in [-0.2, 0) is 0 Å². The molecule has 1 N–H and O–H groups in total. The summed E-state index contributed by atoms with van der Waals surface area (Å²) >= 11 is 3.41. The number of aromatic nitrogens is 3. The highest BCUT2D eigenvalue weighted by molar-refractivity contribution is 9.10. The zero-order valence-electron chi connectivity index (χ0n) is 10.6. The number of hydrogen-bond acceptors (Lipinski definition) is 6.